The Kier molecular flexibility index (Phi) is 4.10. The number of fused-ring (bicyclic) bond motifs is 1. The first-order valence-electron chi connectivity index (χ1n) is 7.58. The second kappa shape index (κ2) is 5.92. The number of halogens is 1. The van der Waals surface area contributed by atoms with Crippen molar-refractivity contribution in [1.82, 2.24) is 9.80 Å². The van der Waals surface area contributed by atoms with Crippen LogP contribution in [0.25, 0.3) is 0 Å². The molecule has 2 heterocycles. The molecule has 0 aromatic heterocycles. The molecule has 23 heavy (non-hydrogen) atoms. The predicted molar refractivity (Wildman–Crippen MR) is 85.0 cm³/mol. The number of hydrogen-bond donors (Lipinski definition) is 0. The van der Waals surface area contributed by atoms with E-state index in [1.165, 1.54) is 7.11 Å². The number of ether oxygens (including phenoxy) is 2. The van der Waals surface area contributed by atoms with Crippen LogP contribution in [0.2, 0.25) is 5.02 Å². The molecular formula is C16H19ClN2O4. The molecule has 0 radical (unpaired) electrons. The van der Waals surface area contributed by atoms with Gasteiger partial charge in [0.15, 0.2) is 0 Å². The van der Waals surface area contributed by atoms with Gasteiger partial charge in [-0.25, -0.2) is 4.79 Å². The first kappa shape index (κ1) is 15.9. The van der Waals surface area contributed by atoms with E-state index in [-0.39, 0.29) is 12.0 Å². The Morgan fingerprint density at radius 1 is 1.43 bits per heavy atom. The minimum absolute atomic E-state index is 0.120. The highest BCUT2D eigenvalue weighted by molar-refractivity contribution is 6.30. The Labute approximate surface area is 139 Å². The van der Waals surface area contributed by atoms with Crippen LogP contribution in [0.15, 0.2) is 18.2 Å². The van der Waals surface area contributed by atoms with E-state index in [1.807, 2.05) is 6.92 Å². The highest BCUT2D eigenvalue weighted by Gasteiger charge is 2.50. The molecule has 1 aromatic carbocycles. The maximum atomic E-state index is 12.9. The third-order valence-corrected chi connectivity index (χ3v) is 4.91. The van der Waals surface area contributed by atoms with Gasteiger partial charge in [0.1, 0.15) is 12.4 Å². The summed E-state index contributed by atoms with van der Waals surface area (Å²) in [6, 6.07) is 4.97. The van der Waals surface area contributed by atoms with Gasteiger partial charge in [-0.2, -0.15) is 0 Å². The van der Waals surface area contributed by atoms with Crippen molar-refractivity contribution < 1.29 is 19.1 Å². The molecule has 1 unspecified atom stereocenters. The average Bonchev–Trinajstić information content (AvgIpc) is 2.91. The van der Waals surface area contributed by atoms with Crippen LogP contribution in [-0.4, -0.2) is 60.7 Å². The maximum absolute atomic E-state index is 12.9. The summed E-state index contributed by atoms with van der Waals surface area (Å²) in [4.78, 5) is 28.2. The Hall–Kier alpha value is -1.95. The lowest BCUT2D eigenvalue weighted by molar-refractivity contribution is 0.0359. The molecule has 6 nitrogen and oxygen atoms in total. The van der Waals surface area contributed by atoms with Crippen LogP contribution in [0.4, 0.5) is 4.79 Å². The smallest absolute Gasteiger partial charge is 0.410 e. The molecule has 3 rings (SSSR count). The molecule has 124 valence electrons. The highest BCUT2D eigenvalue weighted by atomic mass is 35.5. The summed E-state index contributed by atoms with van der Waals surface area (Å²) in [5.74, 6) is 0.333. The van der Waals surface area contributed by atoms with Crippen LogP contribution < -0.4 is 4.74 Å². The van der Waals surface area contributed by atoms with Crippen molar-refractivity contribution in [1.29, 1.82) is 0 Å². The second-order valence-corrected chi connectivity index (χ2v) is 6.29. The van der Waals surface area contributed by atoms with Crippen molar-refractivity contribution in [2.24, 2.45) is 0 Å². The lowest BCUT2D eigenvalue weighted by atomic mass is 9.92. The number of piperazine rings is 1. The summed E-state index contributed by atoms with van der Waals surface area (Å²) in [7, 11) is 1.51. The maximum Gasteiger partial charge on any atom is 0.410 e. The van der Waals surface area contributed by atoms with Gasteiger partial charge in [-0.05, 0) is 24.6 Å². The Balaban J connectivity index is 1.86. The topological polar surface area (TPSA) is 59.1 Å². The average molecular weight is 339 g/mol. The third kappa shape index (κ3) is 2.61. The molecule has 2 aliphatic rings. The van der Waals surface area contributed by atoms with Crippen LogP contribution >= 0.6 is 11.6 Å². The molecule has 1 aromatic rings. The SMILES string of the molecule is CCC12COC(=O)N1CCN(C(=O)c1ccc(Cl)cc1OC)C2. The number of amides is 2. The number of hydrogen-bond acceptors (Lipinski definition) is 4. The minimum atomic E-state index is -0.426. The normalized spacial score (nSPS) is 23.5. The molecule has 2 fully saturated rings. The summed E-state index contributed by atoms with van der Waals surface area (Å²) < 4.78 is 10.5. The van der Waals surface area contributed by atoms with E-state index in [0.717, 1.165) is 6.42 Å². The molecule has 0 N–H and O–H groups in total. The third-order valence-electron chi connectivity index (χ3n) is 4.68. The lowest BCUT2D eigenvalue weighted by Crippen LogP contribution is -2.62. The lowest BCUT2D eigenvalue weighted by Gasteiger charge is -2.44. The predicted octanol–water partition coefficient (Wildman–Crippen LogP) is 2.41. The fourth-order valence-corrected chi connectivity index (χ4v) is 3.41. The van der Waals surface area contributed by atoms with Crippen LogP contribution in [0.3, 0.4) is 0 Å². The van der Waals surface area contributed by atoms with Gasteiger partial charge in [-0.15, -0.1) is 0 Å². The van der Waals surface area contributed by atoms with Crippen LogP contribution in [0.1, 0.15) is 23.7 Å². The molecule has 0 spiro atoms. The molecule has 0 bridgehead atoms. The molecule has 7 heteroatoms. The number of methoxy groups -OCH3 is 1. The van der Waals surface area contributed by atoms with E-state index in [9.17, 15) is 9.59 Å². The zero-order valence-electron chi connectivity index (χ0n) is 13.2. The number of benzene rings is 1. The number of carbonyl (C=O) groups is 2. The summed E-state index contributed by atoms with van der Waals surface area (Å²) in [5, 5.41) is 0.517. The van der Waals surface area contributed by atoms with Crippen LogP contribution in [-0.2, 0) is 4.74 Å². The number of nitrogens with zero attached hydrogens (tertiary/aromatic N) is 2. The van der Waals surface area contributed by atoms with Gasteiger partial charge >= 0.3 is 6.09 Å². The molecular weight excluding hydrogens is 320 g/mol. The van der Waals surface area contributed by atoms with E-state index in [2.05, 4.69) is 0 Å². The quantitative estimate of drug-likeness (QED) is 0.849. The van der Waals surface area contributed by atoms with Gasteiger partial charge in [-0.3, -0.25) is 9.69 Å². The number of cyclic esters (lactones) is 1. The van der Waals surface area contributed by atoms with Crippen molar-refractivity contribution in [3.05, 3.63) is 28.8 Å². The first-order valence-corrected chi connectivity index (χ1v) is 7.96. The van der Waals surface area contributed by atoms with E-state index in [4.69, 9.17) is 21.1 Å². The molecule has 2 saturated heterocycles. The first-order chi connectivity index (χ1) is 11.0. The van der Waals surface area contributed by atoms with E-state index in [0.29, 0.717) is 42.6 Å². The van der Waals surface area contributed by atoms with Gasteiger partial charge in [0.05, 0.1) is 18.2 Å². The second-order valence-electron chi connectivity index (χ2n) is 5.86. The zero-order chi connectivity index (χ0) is 16.6. The van der Waals surface area contributed by atoms with Gasteiger partial charge in [0.25, 0.3) is 5.91 Å². The molecule has 2 aliphatic heterocycles. The van der Waals surface area contributed by atoms with E-state index >= 15 is 0 Å². The molecule has 2 amide bonds. The molecule has 1 atom stereocenters. The monoisotopic (exact) mass is 338 g/mol. The number of carbonyl (C=O) groups excluding carboxylic acids is 2. The summed E-state index contributed by atoms with van der Waals surface area (Å²) in [6.45, 7) is 3.74. The Bertz CT molecular complexity index is 651. The standard InChI is InChI=1S/C16H19ClN2O4/c1-3-16-9-18(6-7-19(16)15(21)23-10-16)14(20)12-5-4-11(17)8-13(12)22-2/h4-5,8H,3,6-7,9-10H2,1-2H3. The van der Waals surface area contributed by atoms with Crippen LogP contribution in [0.5, 0.6) is 5.75 Å². The zero-order valence-corrected chi connectivity index (χ0v) is 13.9. The van der Waals surface area contributed by atoms with E-state index < -0.39 is 5.54 Å². The number of rotatable bonds is 3. The van der Waals surface area contributed by atoms with Crippen molar-refractivity contribution >= 4 is 23.6 Å². The fourth-order valence-electron chi connectivity index (χ4n) is 3.25. The largest absolute Gasteiger partial charge is 0.496 e. The Morgan fingerprint density at radius 3 is 2.91 bits per heavy atom. The van der Waals surface area contributed by atoms with Gasteiger partial charge in [0.2, 0.25) is 0 Å². The van der Waals surface area contributed by atoms with Crippen molar-refractivity contribution in [2.45, 2.75) is 18.9 Å². The van der Waals surface area contributed by atoms with Gasteiger partial charge in [-0.1, -0.05) is 18.5 Å². The van der Waals surface area contributed by atoms with Gasteiger partial charge < -0.3 is 14.4 Å². The highest BCUT2D eigenvalue weighted by Crippen LogP contribution is 2.33. The van der Waals surface area contributed by atoms with Crippen LogP contribution in [0, 0.1) is 0 Å². The van der Waals surface area contributed by atoms with E-state index in [1.54, 1.807) is 28.0 Å². The molecule has 0 saturated carbocycles. The molecule has 0 aliphatic carbocycles. The van der Waals surface area contributed by atoms with Crippen molar-refractivity contribution in [3.63, 3.8) is 0 Å². The summed E-state index contributed by atoms with van der Waals surface area (Å²) >= 11 is 5.95. The van der Waals surface area contributed by atoms with Crippen molar-refractivity contribution in [3.8, 4) is 5.75 Å². The van der Waals surface area contributed by atoms with Crippen molar-refractivity contribution in [2.75, 3.05) is 33.4 Å². The summed E-state index contributed by atoms with van der Waals surface area (Å²) in [6.07, 6.45) is 0.448. The summed E-state index contributed by atoms with van der Waals surface area (Å²) in [5.41, 5.74) is 0.0480. The van der Waals surface area contributed by atoms with Gasteiger partial charge in [0, 0.05) is 24.7 Å². The fraction of sp³-hybridized carbons (Fsp3) is 0.500. The minimum Gasteiger partial charge on any atom is -0.496 e. The Morgan fingerprint density at radius 2 is 2.22 bits per heavy atom.